The predicted molar refractivity (Wildman–Crippen MR) is 113 cm³/mol. The van der Waals surface area contributed by atoms with Gasteiger partial charge in [-0.15, -0.1) is 21.5 Å². The Labute approximate surface area is 178 Å². The summed E-state index contributed by atoms with van der Waals surface area (Å²) < 4.78 is 11.3. The Morgan fingerprint density at radius 1 is 1.31 bits per heavy atom. The molecule has 3 aromatic rings. The minimum Gasteiger partial charge on any atom is -0.484 e. The molecular weight excluding hydrogens is 406 g/mol. The highest BCUT2D eigenvalue weighted by Crippen LogP contribution is 2.35. The van der Waals surface area contributed by atoms with Crippen LogP contribution in [0.25, 0.3) is 0 Å². The number of aryl methyl sites for hydroxylation is 1. The Kier molecular flexibility index (Phi) is 6.20. The molecule has 4 rings (SSSR count). The second-order valence-electron chi connectivity index (χ2n) is 6.91. The lowest BCUT2D eigenvalue weighted by Gasteiger charge is -2.35. The molecule has 0 fully saturated rings. The van der Waals surface area contributed by atoms with Crippen LogP contribution in [0.1, 0.15) is 41.3 Å². The van der Waals surface area contributed by atoms with E-state index < -0.39 is 0 Å². The fourth-order valence-electron chi connectivity index (χ4n) is 3.48. The van der Waals surface area contributed by atoms with Crippen LogP contribution in [0.4, 0.5) is 0 Å². The number of rotatable bonds is 7. The van der Waals surface area contributed by atoms with Gasteiger partial charge in [0, 0.05) is 11.4 Å². The Balaban J connectivity index is 1.30. The number of ether oxygens (including phenoxy) is 1. The van der Waals surface area contributed by atoms with Crippen molar-refractivity contribution >= 4 is 29.0 Å². The first-order valence-corrected chi connectivity index (χ1v) is 11.5. The molecule has 0 aliphatic carbocycles. The summed E-state index contributed by atoms with van der Waals surface area (Å²) in [4.78, 5) is 16.2. The molecule has 8 heteroatoms. The van der Waals surface area contributed by atoms with Crippen molar-refractivity contribution in [1.82, 2.24) is 15.1 Å². The van der Waals surface area contributed by atoms with Gasteiger partial charge in [0.15, 0.2) is 6.61 Å². The van der Waals surface area contributed by atoms with Gasteiger partial charge in [0.05, 0.1) is 11.8 Å². The first kappa shape index (κ1) is 20.0. The Bertz CT molecular complexity index is 968. The number of nitrogens with zero attached hydrogens (tertiary/aromatic N) is 3. The molecule has 1 unspecified atom stereocenters. The number of thiophene rings is 1. The van der Waals surface area contributed by atoms with Crippen LogP contribution < -0.4 is 4.74 Å². The average molecular weight is 430 g/mol. The quantitative estimate of drug-likeness (QED) is 0.510. The molecule has 152 valence electrons. The topological polar surface area (TPSA) is 68.5 Å². The van der Waals surface area contributed by atoms with Crippen molar-refractivity contribution in [2.45, 2.75) is 44.6 Å². The van der Waals surface area contributed by atoms with Crippen molar-refractivity contribution in [1.29, 1.82) is 0 Å². The van der Waals surface area contributed by atoms with Crippen LogP contribution in [0.15, 0.2) is 45.4 Å². The lowest BCUT2D eigenvalue weighted by molar-refractivity contribution is -0.131. The van der Waals surface area contributed by atoms with Crippen molar-refractivity contribution < 1.29 is 13.9 Å². The molecular formula is C21H23N3O3S2. The molecule has 1 amide bonds. The second kappa shape index (κ2) is 9.00. The zero-order valence-electron chi connectivity index (χ0n) is 16.5. The van der Waals surface area contributed by atoms with Gasteiger partial charge < -0.3 is 14.1 Å². The van der Waals surface area contributed by atoms with E-state index in [1.165, 1.54) is 27.8 Å². The summed E-state index contributed by atoms with van der Waals surface area (Å²) in [5.41, 5.74) is 2.48. The largest absolute Gasteiger partial charge is 0.484 e. The second-order valence-corrected chi connectivity index (χ2v) is 8.84. The summed E-state index contributed by atoms with van der Waals surface area (Å²) in [5.74, 6) is 1.54. The highest BCUT2D eigenvalue weighted by molar-refractivity contribution is 7.99. The maximum absolute atomic E-state index is 12.8. The van der Waals surface area contributed by atoms with E-state index in [4.69, 9.17) is 9.15 Å². The average Bonchev–Trinajstić information content (AvgIpc) is 3.40. The van der Waals surface area contributed by atoms with Crippen molar-refractivity contribution in [3.63, 3.8) is 0 Å². The molecule has 6 nitrogen and oxygen atoms in total. The van der Waals surface area contributed by atoms with Gasteiger partial charge in [-0.05, 0) is 48.9 Å². The fourth-order valence-corrected chi connectivity index (χ4v) is 5.07. The van der Waals surface area contributed by atoms with Gasteiger partial charge in [0.2, 0.25) is 5.91 Å². The number of carbonyl (C=O) groups is 1. The zero-order valence-corrected chi connectivity index (χ0v) is 18.1. The predicted octanol–water partition coefficient (Wildman–Crippen LogP) is 4.65. The number of amides is 1. The molecule has 0 saturated carbocycles. The van der Waals surface area contributed by atoms with Crippen LogP contribution in [0.3, 0.4) is 0 Å². The van der Waals surface area contributed by atoms with E-state index in [9.17, 15) is 4.79 Å². The minimum absolute atomic E-state index is 0.106. The monoisotopic (exact) mass is 429 g/mol. The summed E-state index contributed by atoms with van der Waals surface area (Å²) in [6, 6.07) is 10.1. The molecule has 0 N–H and O–H groups in total. The third-order valence-electron chi connectivity index (χ3n) is 4.95. The summed E-state index contributed by atoms with van der Waals surface area (Å²) in [6.45, 7) is 5.13. The van der Waals surface area contributed by atoms with Crippen molar-refractivity contribution in [3.05, 3.63) is 57.6 Å². The van der Waals surface area contributed by atoms with Gasteiger partial charge in [-0.3, -0.25) is 4.79 Å². The number of thioether (sulfide) groups is 1. The molecule has 0 radical (unpaired) electrons. The Morgan fingerprint density at radius 2 is 2.14 bits per heavy atom. The number of carbonyl (C=O) groups excluding carboxylic acids is 1. The fraction of sp³-hybridized carbons (Fsp3) is 0.381. The summed E-state index contributed by atoms with van der Waals surface area (Å²) in [5, 5.41) is 10.5. The maximum Gasteiger partial charge on any atom is 0.277 e. The summed E-state index contributed by atoms with van der Waals surface area (Å²) in [6.07, 6.45) is 1.85. The van der Waals surface area contributed by atoms with Gasteiger partial charge >= 0.3 is 0 Å². The molecule has 0 spiro atoms. The maximum atomic E-state index is 12.8. The summed E-state index contributed by atoms with van der Waals surface area (Å²) in [7, 11) is 0. The zero-order chi connectivity index (χ0) is 20.2. The van der Waals surface area contributed by atoms with Gasteiger partial charge in [-0.25, -0.2) is 0 Å². The molecule has 2 aromatic heterocycles. The first-order valence-electron chi connectivity index (χ1n) is 9.64. The molecule has 3 heterocycles. The van der Waals surface area contributed by atoms with Crippen LogP contribution >= 0.6 is 23.1 Å². The van der Waals surface area contributed by atoms with E-state index in [2.05, 4.69) is 28.6 Å². The molecule has 1 aliphatic heterocycles. The number of benzene rings is 1. The van der Waals surface area contributed by atoms with Gasteiger partial charge in [-0.1, -0.05) is 36.4 Å². The van der Waals surface area contributed by atoms with Crippen LogP contribution in [-0.2, 0) is 17.8 Å². The lowest BCUT2D eigenvalue weighted by atomic mass is 9.98. The normalized spacial score (nSPS) is 15.9. The van der Waals surface area contributed by atoms with E-state index in [1.54, 1.807) is 11.3 Å². The lowest BCUT2D eigenvalue weighted by Crippen LogP contribution is -2.40. The molecule has 0 saturated heterocycles. The van der Waals surface area contributed by atoms with Crippen molar-refractivity contribution in [2.24, 2.45) is 0 Å². The van der Waals surface area contributed by atoms with Gasteiger partial charge in [0.25, 0.3) is 11.1 Å². The van der Waals surface area contributed by atoms with E-state index in [0.717, 1.165) is 25.1 Å². The number of hydrogen-bond acceptors (Lipinski definition) is 7. The third kappa shape index (κ3) is 4.64. The Morgan fingerprint density at radius 3 is 2.93 bits per heavy atom. The Hall–Kier alpha value is -2.32. The third-order valence-corrected chi connectivity index (χ3v) is 6.75. The number of fused-ring (bicyclic) bond motifs is 1. The van der Waals surface area contributed by atoms with Crippen LogP contribution in [0.5, 0.6) is 5.75 Å². The van der Waals surface area contributed by atoms with E-state index >= 15 is 0 Å². The van der Waals surface area contributed by atoms with E-state index in [0.29, 0.717) is 11.1 Å². The minimum atomic E-state index is 0.106. The van der Waals surface area contributed by atoms with Crippen molar-refractivity contribution in [2.75, 3.05) is 12.3 Å². The smallest absolute Gasteiger partial charge is 0.277 e. The molecule has 1 aromatic carbocycles. The molecule has 1 atom stereocenters. The van der Waals surface area contributed by atoms with Crippen LogP contribution in [-0.4, -0.2) is 33.3 Å². The number of aromatic nitrogens is 2. The van der Waals surface area contributed by atoms with E-state index in [1.807, 2.05) is 36.1 Å². The summed E-state index contributed by atoms with van der Waals surface area (Å²) >= 11 is 3.06. The van der Waals surface area contributed by atoms with Gasteiger partial charge in [0.1, 0.15) is 5.75 Å². The van der Waals surface area contributed by atoms with Gasteiger partial charge in [-0.2, -0.15) is 0 Å². The molecule has 0 bridgehead atoms. The van der Waals surface area contributed by atoms with Crippen LogP contribution in [0.2, 0.25) is 0 Å². The standard InChI is InChI=1S/C21H23N3O3S2/c1-3-17-16-9-11-28-18(16)8-10-24(17)20(25)13-29-21-23-22-19(27-21)12-26-15-6-4-14(2)5-7-15/h4-7,9,11,17H,3,8,10,12-13H2,1-2H3. The highest BCUT2D eigenvalue weighted by Gasteiger charge is 2.30. The molecule has 1 aliphatic rings. The molecule has 29 heavy (non-hydrogen) atoms. The van der Waals surface area contributed by atoms with Crippen molar-refractivity contribution in [3.8, 4) is 5.75 Å². The van der Waals surface area contributed by atoms with E-state index in [-0.39, 0.29) is 24.3 Å². The van der Waals surface area contributed by atoms with Crippen LogP contribution in [0, 0.1) is 6.92 Å². The first-order chi connectivity index (χ1) is 14.1. The highest BCUT2D eigenvalue weighted by atomic mass is 32.2. The SMILES string of the molecule is CCC1c2ccsc2CCN1C(=O)CSc1nnc(COc2ccc(C)cc2)o1. The number of hydrogen-bond donors (Lipinski definition) is 0.